The van der Waals surface area contributed by atoms with Crippen LogP contribution in [0.3, 0.4) is 0 Å². The van der Waals surface area contributed by atoms with Gasteiger partial charge in [0.05, 0.1) is 6.10 Å². The van der Waals surface area contributed by atoms with Crippen LogP contribution in [-0.2, 0) is 0 Å². The summed E-state index contributed by atoms with van der Waals surface area (Å²) in [5.41, 5.74) is 1.43. The molecular weight excluding hydrogens is 250 g/mol. The molecule has 18 heavy (non-hydrogen) atoms. The van der Waals surface area contributed by atoms with Crippen LogP contribution in [0.1, 0.15) is 35.2 Å². The first-order valence-electron chi connectivity index (χ1n) is 6.29. The minimum absolute atomic E-state index is 0.0867. The van der Waals surface area contributed by atoms with Crippen molar-refractivity contribution in [2.75, 3.05) is 6.54 Å². The first-order chi connectivity index (χ1) is 8.58. The first-order valence-corrected chi connectivity index (χ1v) is 6.67. The predicted molar refractivity (Wildman–Crippen MR) is 71.9 cm³/mol. The third-order valence-electron chi connectivity index (χ3n) is 3.58. The van der Waals surface area contributed by atoms with E-state index in [0.717, 1.165) is 24.8 Å². The van der Waals surface area contributed by atoms with E-state index in [1.165, 1.54) is 0 Å². The van der Waals surface area contributed by atoms with Crippen molar-refractivity contribution in [2.45, 2.75) is 32.3 Å². The number of benzene rings is 1. The van der Waals surface area contributed by atoms with Gasteiger partial charge in [-0.1, -0.05) is 17.7 Å². The molecule has 0 saturated heterocycles. The third kappa shape index (κ3) is 3.03. The van der Waals surface area contributed by atoms with Crippen LogP contribution in [0.15, 0.2) is 18.2 Å². The van der Waals surface area contributed by atoms with Gasteiger partial charge in [0.25, 0.3) is 5.91 Å². The maximum absolute atomic E-state index is 12.0. The molecule has 1 fully saturated rings. The molecule has 1 saturated carbocycles. The fraction of sp³-hybridized carbons (Fsp3) is 0.500. The van der Waals surface area contributed by atoms with Crippen molar-refractivity contribution in [2.24, 2.45) is 5.92 Å². The molecule has 2 unspecified atom stereocenters. The van der Waals surface area contributed by atoms with Crippen molar-refractivity contribution >= 4 is 17.5 Å². The average molecular weight is 268 g/mol. The Labute approximate surface area is 112 Å². The number of hydrogen-bond donors (Lipinski definition) is 2. The van der Waals surface area contributed by atoms with Crippen LogP contribution < -0.4 is 5.32 Å². The zero-order valence-electron chi connectivity index (χ0n) is 10.4. The summed E-state index contributed by atoms with van der Waals surface area (Å²) in [6.07, 6.45) is 2.42. The molecule has 2 atom stereocenters. The Balaban J connectivity index is 1.94. The van der Waals surface area contributed by atoms with Crippen LogP contribution in [0.4, 0.5) is 0 Å². The number of aliphatic hydroxyl groups is 1. The lowest BCUT2D eigenvalue weighted by atomic mass is 10.1. The molecule has 1 aliphatic carbocycles. The van der Waals surface area contributed by atoms with E-state index in [9.17, 15) is 9.90 Å². The highest BCUT2D eigenvalue weighted by Gasteiger charge is 2.23. The van der Waals surface area contributed by atoms with E-state index in [-0.39, 0.29) is 12.0 Å². The summed E-state index contributed by atoms with van der Waals surface area (Å²) in [7, 11) is 0. The molecule has 0 heterocycles. The van der Waals surface area contributed by atoms with Gasteiger partial charge in [0.1, 0.15) is 0 Å². The molecule has 1 aromatic rings. The van der Waals surface area contributed by atoms with Gasteiger partial charge in [-0.05, 0) is 49.8 Å². The number of amides is 1. The molecule has 0 aromatic heterocycles. The number of carbonyl (C=O) groups is 1. The van der Waals surface area contributed by atoms with Gasteiger partial charge >= 0.3 is 0 Å². The van der Waals surface area contributed by atoms with Crippen molar-refractivity contribution in [3.05, 3.63) is 34.3 Å². The molecule has 1 aromatic carbocycles. The zero-order valence-corrected chi connectivity index (χ0v) is 11.2. The second-order valence-corrected chi connectivity index (χ2v) is 5.36. The average Bonchev–Trinajstić information content (AvgIpc) is 2.76. The van der Waals surface area contributed by atoms with E-state index < -0.39 is 0 Å². The lowest BCUT2D eigenvalue weighted by molar-refractivity contribution is 0.0944. The highest BCUT2D eigenvalue weighted by Crippen LogP contribution is 2.25. The molecule has 1 amide bonds. The summed E-state index contributed by atoms with van der Waals surface area (Å²) in [5.74, 6) is 0.305. The van der Waals surface area contributed by atoms with E-state index in [0.29, 0.717) is 23.0 Å². The van der Waals surface area contributed by atoms with Crippen LogP contribution in [-0.4, -0.2) is 23.7 Å². The number of halogens is 1. The number of nitrogens with one attached hydrogen (secondary N) is 1. The van der Waals surface area contributed by atoms with E-state index in [1.54, 1.807) is 18.2 Å². The molecule has 2 rings (SSSR count). The topological polar surface area (TPSA) is 49.3 Å². The molecule has 98 valence electrons. The van der Waals surface area contributed by atoms with Gasteiger partial charge < -0.3 is 10.4 Å². The van der Waals surface area contributed by atoms with Gasteiger partial charge in [0, 0.05) is 17.1 Å². The maximum Gasteiger partial charge on any atom is 0.251 e. The van der Waals surface area contributed by atoms with Crippen molar-refractivity contribution in [1.29, 1.82) is 0 Å². The van der Waals surface area contributed by atoms with Crippen LogP contribution in [0.5, 0.6) is 0 Å². The summed E-state index contributed by atoms with van der Waals surface area (Å²) in [5, 5.41) is 13.0. The summed E-state index contributed by atoms with van der Waals surface area (Å²) < 4.78 is 0. The maximum atomic E-state index is 12.0. The third-order valence-corrected chi connectivity index (χ3v) is 3.99. The van der Waals surface area contributed by atoms with Crippen molar-refractivity contribution in [3.63, 3.8) is 0 Å². The van der Waals surface area contributed by atoms with Crippen LogP contribution in [0.2, 0.25) is 5.02 Å². The number of rotatable bonds is 3. The summed E-state index contributed by atoms with van der Waals surface area (Å²) in [6, 6.07) is 5.34. The molecule has 0 bridgehead atoms. The summed E-state index contributed by atoms with van der Waals surface area (Å²) in [4.78, 5) is 12.0. The van der Waals surface area contributed by atoms with Gasteiger partial charge in [-0.25, -0.2) is 0 Å². The molecule has 1 aliphatic rings. The van der Waals surface area contributed by atoms with Crippen LogP contribution in [0, 0.1) is 12.8 Å². The largest absolute Gasteiger partial charge is 0.393 e. The number of carbonyl (C=O) groups excluding carboxylic acids is 1. The number of hydrogen-bond acceptors (Lipinski definition) is 2. The Hall–Kier alpha value is -1.06. The summed E-state index contributed by atoms with van der Waals surface area (Å²) in [6.45, 7) is 2.47. The van der Waals surface area contributed by atoms with Gasteiger partial charge in [-0.15, -0.1) is 0 Å². The highest BCUT2D eigenvalue weighted by atomic mass is 35.5. The molecule has 2 N–H and O–H groups in total. The van der Waals surface area contributed by atoms with Crippen LogP contribution >= 0.6 is 11.6 Å². The Bertz CT molecular complexity index is 447. The Kier molecular flexibility index (Phi) is 4.25. The van der Waals surface area contributed by atoms with Gasteiger partial charge in [-0.2, -0.15) is 0 Å². The Morgan fingerprint density at radius 1 is 1.50 bits per heavy atom. The van der Waals surface area contributed by atoms with Crippen molar-refractivity contribution in [3.8, 4) is 0 Å². The highest BCUT2D eigenvalue weighted by molar-refractivity contribution is 6.31. The van der Waals surface area contributed by atoms with Gasteiger partial charge in [-0.3, -0.25) is 4.79 Å². The molecule has 4 heteroatoms. The van der Waals surface area contributed by atoms with E-state index in [2.05, 4.69) is 5.32 Å². The SMILES string of the molecule is Cc1c(Cl)cccc1C(=O)NCC1CCC(O)C1. The molecule has 3 nitrogen and oxygen atoms in total. The van der Waals surface area contributed by atoms with Crippen molar-refractivity contribution in [1.82, 2.24) is 5.32 Å². The van der Waals surface area contributed by atoms with Crippen LogP contribution in [0.25, 0.3) is 0 Å². The minimum Gasteiger partial charge on any atom is -0.393 e. The van der Waals surface area contributed by atoms with E-state index in [1.807, 2.05) is 6.92 Å². The predicted octanol–water partition coefficient (Wildman–Crippen LogP) is 2.54. The molecule has 0 radical (unpaired) electrons. The normalized spacial score (nSPS) is 23.1. The molecular formula is C14H18ClNO2. The Morgan fingerprint density at radius 3 is 2.94 bits per heavy atom. The lowest BCUT2D eigenvalue weighted by Crippen LogP contribution is -2.29. The quantitative estimate of drug-likeness (QED) is 0.884. The van der Waals surface area contributed by atoms with E-state index >= 15 is 0 Å². The van der Waals surface area contributed by atoms with Gasteiger partial charge in [0.15, 0.2) is 0 Å². The molecule has 0 aliphatic heterocycles. The first kappa shape index (κ1) is 13.4. The Morgan fingerprint density at radius 2 is 2.28 bits per heavy atom. The second-order valence-electron chi connectivity index (χ2n) is 4.96. The fourth-order valence-electron chi connectivity index (χ4n) is 2.42. The fourth-order valence-corrected chi connectivity index (χ4v) is 2.59. The van der Waals surface area contributed by atoms with Gasteiger partial charge in [0.2, 0.25) is 0 Å². The smallest absolute Gasteiger partial charge is 0.251 e. The van der Waals surface area contributed by atoms with E-state index in [4.69, 9.17) is 11.6 Å². The number of aliphatic hydroxyl groups excluding tert-OH is 1. The second kappa shape index (κ2) is 5.72. The minimum atomic E-state index is -0.195. The monoisotopic (exact) mass is 267 g/mol. The lowest BCUT2D eigenvalue weighted by Gasteiger charge is -2.12. The molecule has 0 spiro atoms. The van der Waals surface area contributed by atoms with Crippen molar-refractivity contribution < 1.29 is 9.90 Å². The summed E-state index contributed by atoms with van der Waals surface area (Å²) >= 11 is 5.99. The standard InChI is InChI=1S/C14H18ClNO2/c1-9-12(3-2-4-13(9)15)14(18)16-8-10-5-6-11(17)7-10/h2-4,10-11,17H,5-8H2,1H3,(H,16,18). The zero-order chi connectivity index (χ0) is 13.1.